The Hall–Kier alpha value is -4.37. The molecule has 0 bridgehead atoms. The third kappa shape index (κ3) is 6.69. The Morgan fingerprint density at radius 2 is 1.71 bits per heavy atom. The highest BCUT2D eigenvalue weighted by Gasteiger charge is 2.13. The molecule has 41 heavy (non-hydrogen) atoms. The third-order valence-corrected chi connectivity index (χ3v) is 7.43. The minimum atomic E-state index is -0.292. The Morgan fingerprint density at radius 3 is 2.44 bits per heavy atom. The number of aryl methyl sites for hydroxylation is 2. The summed E-state index contributed by atoms with van der Waals surface area (Å²) in [7, 11) is 1.61. The average molecular weight is 656 g/mol. The average Bonchev–Trinajstić information content (AvgIpc) is 3.38. The van der Waals surface area contributed by atoms with Gasteiger partial charge in [-0.1, -0.05) is 60.2 Å². The van der Waals surface area contributed by atoms with Gasteiger partial charge in [-0.05, 0) is 102 Å². The second kappa shape index (κ2) is 12.9. The highest BCUT2D eigenvalue weighted by molar-refractivity contribution is 14.1. The molecule has 0 aliphatic carbocycles. The van der Waals surface area contributed by atoms with E-state index in [9.17, 15) is 4.79 Å². The van der Waals surface area contributed by atoms with Gasteiger partial charge in [-0.25, -0.2) is 5.43 Å². The number of carbonyl (C=O) groups excluding carboxylic acids is 1. The van der Waals surface area contributed by atoms with Crippen LogP contribution in [0.2, 0.25) is 0 Å². The second-order valence-corrected chi connectivity index (χ2v) is 10.8. The van der Waals surface area contributed by atoms with Gasteiger partial charge in [0.25, 0.3) is 5.91 Å². The van der Waals surface area contributed by atoms with Crippen LogP contribution in [0.1, 0.15) is 32.7 Å². The van der Waals surface area contributed by atoms with Gasteiger partial charge in [0.1, 0.15) is 6.61 Å². The van der Waals surface area contributed by atoms with E-state index in [0.29, 0.717) is 23.7 Å². The van der Waals surface area contributed by atoms with E-state index < -0.39 is 0 Å². The molecule has 6 nitrogen and oxygen atoms in total. The van der Waals surface area contributed by atoms with Crippen molar-refractivity contribution in [1.82, 2.24) is 9.99 Å². The molecular formula is C34H30IN3O3. The number of hydrogen-bond donors (Lipinski definition) is 1. The Kier molecular flexibility index (Phi) is 8.84. The molecule has 5 rings (SSSR count). The van der Waals surface area contributed by atoms with Crippen molar-refractivity contribution < 1.29 is 14.3 Å². The summed E-state index contributed by atoms with van der Waals surface area (Å²) in [6.45, 7) is 4.57. The summed E-state index contributed by atoms with van der Waals surface area (Å²) >= 11 is 2.22. The topological polar surface area (TPSA) is 64.8 Å². The van der Waals surface area contributed by atoms with Crippen molar-refractivity contribution in [3.8, 4) is 28.4 Å². The SMILES string of the molecule is COc1cc(/C=N/NC(=O)c2ccc(-n3c(C)ccc3-c3ccccc3)cc2)cc(I)c1OCc1cccc(C)c1. The molecule has 0 unspecified atom stereocenters. The number of nitrogens with one attached hydrogen (secondary N) is 1. The zero-order chi connectivity index (χ0) is 28.8. The van der Waals surface area contributed by atoms with Gasteiger partial charge in [-0.15, -0.1) is 0 Å². The number of ether oxygens (including phenoxy) is 2. The van der Waals surface area contributed by atoms with Crippen LogP contribution in [0.4, 0.5) is 0 Å². The number of benzene rings is 4. The van der Waals surface area contributed by atoms with E-state index in [4.69, 9.17) is 9.47 Å². The summed E-state index contributed by atoms with van der Waals surface area (Å²) in [5.41, 5.74) is 10.5. The van der Waals surface area contributed by atoms with Crippen LogP contribution in [0.5, 0.6) is 11.5 Å². The molecule has 5 aromatic rings. The van der Waals surface area contributed by atoms with E-state index in [0.717, 1.165) is 37.3 Å². The number of hydrogen-bond acceptors (Lipinski definition) is 4. The van der Waals surface area contributed by atoms with Crippen molar-refractivity contribution >= 4 is 34.7 Å². The molecule has 0 aliphatic heterocycles. The Morgan fingerprint density at radius 1 is 0.927 bits per heavy atom. The first kappa shape index (κ1) is 28.2. The van der Waals surface area contributed by atoms with E-state index in [-0.39, 0.29) is 5.91 Å². The lowest BCUT2D eigenvalue weighted by atomic mass is 10.1. The van der Waals surface area contributed by atoms with Crippen molar-refractivity contribution in [2.45, 2.75) is 20.5 Å². The zero-order valence-corrected chi connectivity index (χ0v) is 25.3. The Balaban J connectivity index is 1.25. The van der Waals surface area contributed by atoms with Crippen LogP contribution in [0.15, 0.2) is 108 Å². The van der Waals surface area contributed by atoms with Crippen LogP contribution >= 0.6 is 22.6 Å². The van der Waals surface area contributed by atoms with Gasteiger partial charge in [0, 0.05) is 16.9 Å². The molecule has 7 heteroatoms. The number of aromatic nitrogens is 1. The normalized spacial score (nSPS) is 11.0. The van der Waals surface area contributed by atoms with Gasteiger partial charge in [-0.3, -0.25) is 4.79 Å². The smallest absolute Gasteiger partial charge is 0.271 e. The van der Waals surface area contributed by atoms with Crippen molar-refractivity contribution in [2.24, 2.45) is 5.10 Å². The molecule has 1 amide bonds. The van der Waals surface area contributed by atoms with Crippen LogP contribution in [0.3, 0.4) is 0 Å². The first-order valence-corrected chi connectivity index (χ1v) is 14.2. The quantitative estimate of drug-likeness (QED) is 0.101. The molecule has 0 aliphatic rings. The Bertz CT molecular complexity index is 1690. The number of rotatable bonds is 9. The fraction of sp³-hybridized carbons (Fsp3) is 0.118. The summed E-state index contributed by atoms with van der Waals surface area (Å²) in [6, 6.07) is 33.9. The van der Waals surface area contributed by atoms with E-state index >= 15 is 0 Å². The highest BCUT2D eigenvalue weighted by Crippen LogP contribution is 2.34. The molecule has 0 atom stereocenters. The van der Waals surface area contributed by atoms with Gasteiger partial charge in [0.15, 0.2) is 11.5 Å². The van der Waals surface area contributed by atoms with E-state index in [1.165, 1.54) is 5.56 Å². The number of halogens is 1. The lowest BCUT2D eigenvalue weighted by Gasteiger charge is -2.14. The molecule has 1 aromatic heterocycles. The molecule has 1 heterocycles. The lowest BCUT2D eigenvalue weighted by molar-refractivity contribution is 0.0955. The number of nitrogens with zero attached hydrogens (tertiary/aromatic N) is 2. The summed E-state index contributed by atoms with van der Waals surface area (Å²) < 4.78 is 14.7. The van der Waals surface area contributed by atoms with Crippen LogP contribution in [-0.4, -0.2) is 23.8 Å². The van der Waals surface area contributed by atoms with Crippen molar-refractivity contribution in [2.75, 3.05) is 7.11 Å². The summed E-state index contributed by atoms with van der Waals surface area (Å²) in [4.78, 5) is 12.8. The number of amides is 1. The fourth-order valence-corrected chi connectivity index (χ4v) is 5.40. The molecule has 4 aromatic carbocycles. The molecule has 1 N–H and O–H groups in total. The molecule has 0 radical (unpaired) electrons. The summed E-state index contributed by atoms with van der Waals surface area (Å²) in [5.74, 6) is 0.979. The number of methoxy groups -OCH3 is 1. The minimum absolute atomic E-state index is 0.292. The van der Waals surface area contributed by atoms with Gasteiger partial charge in [0.2, 0.25) is 0 Å². The monoisotopic (exact) mass is 655 g/mol. The highest BCUT2D eigenvalue weighted by atomic mass is 127. The van der Waals surface area contributed by atoms with Crippen molar-refractivity contribution in [3.63, 3.8) is 0 Å². The van der Waals surface area contributed by atoms with Gasteiger partial charge < -0.3 is 14.0 Å². The largest absolute Gasteiger partial charge is 0.493 e. The van der Waals surface area contributed by atoms with Crippen LogP contribution in [-0.2, 0) is 6.61 Å². The van der Waals surface area contributed by atoms with Crippen molar-refractivity contribution in [1.29, 1.82) is 0 Å². The van der Waals surface area contributed by atoms with Gasteiger partial charge >= 0.3 is 0 Å². The number of hydrazone groups is 1. The molecule has 0 saturated heterocycles. The van der Waals surface area contributed by atoms with E-state index in [1.807, 2.05) is 54.6 Å². The van der Waals surface area contributed by atoms with Crippen molar-refractivity contribution in [3.05, 3.63) is 135 Å². The maximum atomic E-state index is 12.8. The Labute approximate surface area is 253 Å². The number of carbonyl (C=O) groups is 1. The van der Waals surface area contributed by atoms with Crippen LogP contribution in [0, 0.1) is 17.4 Å². The second-order valence-electron chi connectivity index (χ2n) is 9.62. The lowest BCUT2D eigenvalue weighted by Crippen LogP contribution is -2.17. The molecule has 206 valence electrons. The predicted molar refractivity (Wildman–Crippen MR) is 172 cm³/mol. The molecule has 0 fully saturated rings. The maximum absolute atomic E-state index is 12.8. The standard InChI is InChI=1S/C34H30IN3O3/c1-23-8-7-9-25(18-23)22-41-33-30(35)19-26(20-32(33)40-3)21-36-37-34(39)28-13-15-29(16-14-28)38-24(2)12-17-31(38)27-10-5-4-6-11-27/h4-21H,22H2,1-3H3,(H,37,39)/b36-21+. The van der Waals surface area contributed by atoms with Gasteiger partial charge in [-0.2, -0.15) is 5.10 Å². The van der Waals surface area contributed by atoms with E-state index in [2.05, 4.69) is 87.9 Å². The molecule has 0 saturated carbocycles. The minimum Gasteiger partial charge on any atom is -0.493 e. The summed E-state index contributed by atoms with van der Waals surface area (Å²) in [5, 5.41) is 4.18. The van der Waals surface area contributed by atoms with Crippen LogP contribution in [0.25, 0.3) is 16.9 Å². The molecular weight excluding hydrogens is 625 g/mol. The first-order chi connectivity index (χ1) is 19.9. The first-order valence-electron chi connectivity index (χ1n) is 13.2. The van der Waals surface area contributed by atoms with E-state index in [1.54, 1.807) is 25.5 Å². The zero-order valence-electron chi connectivity index (χ0n) is 23.1. The van der Waals surface area contributed by atoms with Gasteiger partial charge in [0.05, 0.1) is 22.6 Å². The molecule has 0 spiro atoms. The fourth-order valence-electron chi connectivity index (χ4n) is 4.62. The summed E-state index contributed by atoms with van der Waals surface area (Å²) in [6.07, 6.45) is 1.59. The predicted octanol–water partition coefficient (Wildman–Crippen LogP) is 7.72. The van der Waals surface area contributed by atoms with Crippen LogP contribution < -0.4 is 14.9 Å². The maximum Gasteiger partial charge on any atom is 0.271 e. The third-order valence-electron chi connectivity index (χ3n) is 6.63.